The van der Waals surface area contributed by atoms with Gasteiger partial charge in [0.05, 0.1) is 11.3 Å². The smallest absolute Gasteiger partial charge is 0.328 e. The second-order valence-electron chi connectivity index (χ2n) is 5.36. The summed E-state index contributed by atoms with van der Waals surface area (Å²) in [6.45, 7) is 2.60. The molecule has 1 aromatic heterocycles. The number of thioether (sulfide) groups is 1. The molecule has 114 valence electrons. The maximum atomic E-state index is 12.5. The molecule has 1 aliphatic rings. The molecule has 0 saturated carbocycles. The van der Waals surface area contributed by atoms with E-state index in [9.17, 15) is 9.59 Å². The van der Waals surface area contributed by atoms with Gasteiger partial charge in [-0.3, -0.25) is 4.79 Å². The molecular formula is C15H19NO3S2. The maximum absolute atomic E-state index is 12.5. The third-order valence-corrected chi connectivity index (χ3v) is 5.95. The number of hydrogen-bond donors (Lipinski definition) is 1. The van der Waals surface area contributed by atoms with E-state index >= 15 is 0 Å². The molecule has 1 unspecified atom stereocenters. The number of carboxylic acids is 1. The van der Waals surface area contributed by atoms with Gasteiger partial charge < -0.3 is 10.0 Å². The summed E-state index contributed by atoms with van der Waals surface area (Å²) in [5.74, 6) is 0.279. The van der Waals surface area contributed by atoms with Crippen LogP contribution < -0.4 is 0 Å². The van der Waals surface area contributed by atoms with Crippen LogP contribution in [-0.2, 0) is 16.1 Å². The van der Waals surface area contributed by atoms with Crippen molar-refractivity contribution in [3.63, 3.8) is 0 Å². The summed E-state index contributed by atoms with van der Waals surface area (Å²) in [5, 5.41) is 10.5. The molecule has 0 bridgehead atoms. The molecule has 2 rings (SSSR count). The zero-order valence-corrected chi connectivity index (χ0v) is 13.8. The first-order valence-electron chi connectivity index (χ1n) is 6.79. The van der Waals surface area contributed by atoms with Crippen LogP contribution in [0.25, 0.3) is 6.08 Å². The number of amides is 1. The molecule has 1 amide bonds. The van der Waals surface area contributed by atoms with Crippen LogP contribution >= 0.6 is 23.1 Å². The summed E-state index contributed by atoms with van der Waals surface area (Å²) in [5.41, 5.74) is 0.861. The van der Waals surface area contributed by atoms with Crippen molar-refractivity contribution in [1.82, 2.24) is 4.90 Å². The van der Waals surface area contributed by atoms with Crippen molar-refractivity contribution in [3.05, 3.63) is 28.0 Å². The minimum Gasteiger partial charge on any atom is -0.478 e. The molecule has 2 heterocycles. The van der Waals surface area contributed by atoms with Crippen molar-refractivity contribution >= 4 is 41.1 Å². The maximum Gasteiger partial charge on any atom is 0.328 e. The predicted molar refractivity (Wildman–Crippen MR) is 87.6 cm³/mol. The van der Waals surface area contributed by atoms with Gasteiger partial charge in [-0.25, -0.2) is 4.79 Å². The van der Waals surface area contributed by atoms with E-state index in [0.29, 0.717) is 6.54 Å². The monoisotopic (exact) mass is 325 g/mol. The molecule has 0 aliphatic carbocycles. The molecule has 0 radical (unpaired) electrons. The standard InChI is InChI=1S/C15H19NO3S2/c1-15(6-3-7-21-15)14(19)16(2)9-12-8-11(10-20-12)4-5-13(17)18/h4-5,8,10H,3,6-7,9H2,1-2H3,(H,17,18)/b5-4+. The minimum absolute atomic E-state index is 0.182. The van der Waals surface area contributed by atoms with Gasteiger partial charge in [-0.2, -0.15) is 0 Å². The number of carbonyl (C=O) groups excluding carboxylic acids is 1. The molecule has 0 aromatic carbocycles. The van der Waals surface area contributed by atoms with Gasteiger partial charge in [0, 0.05) is 18.0 Å². The van der Waals surface area contributed by atoms with Crippen LogP contribution in [0.15, 0.2) is 17.5 Å². The van der Waals surface area contributed by atoms with Gasteiger partial charge in [-0.05, 0) is 48.6 Å². The number of nitrogens with zero attached hydrogens (tertiary/aromatic N) is 1. The largest absolute Gasteiger partial charge is 0.478 e. The molecule has 1 N–H and O–H groups in total. The average molecular weight is 325 g/mol. The minimum atomic E-state index is -0.957. The van der Waals surface area contributed by atoms with Crippen molar-refractivity contribution < 1.29 is 14.7 Å². The first kappa shape index (κ1) is 16.1. The van der Waals surface area contributed by atoms with E-state index in [1.165, 1.54) is 0 Å². The Labute approximate surface area is 132 Å². The summed E-state index contributed by atoms with van der Waals surface area (Å²) in [6, 6.07) is 1.93. The highest BCUT2D eigenvalue weighted by atomic mass is 32.2. The van der Waals surface area contributed by atoms with Gasteiger partial charge in [0.1, 0.15) is 0 Å². The van der Waals surface area contributed by atoms with Crippen molar-refractivity contribution in [2.24, 2.45) is 0 Å². The summed E-state index contributed by atoms with van der Waals surface area (Å²) in [7, 11) is 1.83. The van der Waals surface area contributed by atoms with Gasteiger partial charge in [0.15, 0.2) is 0 Å². The number of carbonyl (C=O) groups is 2. The molecule has 1 aromatic rings. The second kappa shape index (κ2) is 6.66. The van der Waals surface area contributed by atoms with E-state index in [4.69, 9.17) is 5.11 Å². The summed E-state index contributed by atoms with van der Waals surface area (Å²) >= 11 is 3.29. The van der Waals surface area contributed by atoms with Crippen molar-refractivity contribution in [1.29, 1.82) is 0 Å². The number of hydrogen-bond acceptors (Lipinski definition) is 4. The fraction of sp³-hybridized carbons (Fsp3) is 0.467. The number of thiophene rings is 1. The van der Waals surface area contributed by atoms with Gasteiger partial charge in [-0.15, -0.1) is 23.1 Å². The molecular weight excluding hydrogens is 306 g/mol. The third kappa shape index (κ3) is 4.11. The number of rotatable bonds is 5. The van der Waals surface area contributed by atoms with E-state index in [2.05, 4.69) is 0 Å². The molecule has 4 nitrogen and oxygen atoms in total. The topological polar surface area (TPSA) is 57.6 Å². The molecule has 1 atom stereocenters. The van der Waals surface area contributed by atoms with E-state index in [1.807, 2.05) is 25.4 Å². The van der Waals surface area contributed by atoms with Gasteiger partial charge in [0.2, 0.25) is 5.91 Å². The number of aliphatic carboxylic acids is 1. The fourth-order valence-corrected chi connectivity index (χ4v) is 4.61. The van der Waals surface area contributed by atoms with Crippen LogP contribution in [-0.4, -0.2) is 39.4 Å². The molecule has 1 fully saturated rings. The summed E-state index contributed by atoms with van der Waals surface area (Å²) in [4.78, 5) is 25.8. The highest BCUT2D eigenvalue weighted by molar-refractivity contribution is 8.01. The highest BCUT2D eigenvalue weighted by Crippen LogP contribution is 2.39. The van der Waals surface area contributed by atoms with Crippen LogP contribution in [0.1, 0.15) is 30.2 Å². The van der Waals surface area contributed by atoms with Crippen molar-refractivity contribution in [2.75, 3.05) is 12.8 Å². The Morgan fingerprint density at radius 2 is 2.29 bits per heavy atom. The zero-order valence-electron chi connectivity index (χ0n) is 12.2. The Balaban J connectivity index is 1.98. The van der Waals surface area contributed by atoms with Crippen LogP contribution in [0.3, 0.4) is 0 Å². The lowest BCUT2D eigenvalue weighted by Gasteiger charge is -2.27. The van der Waals surface area contributed by atoms with Crippen LogP contribution in [0, 0.1) is 0 Å². The third-order valence-electron chi connectivity index (χ3n) is 3.50. The first-order valence-corrected chi connectivity index (χ1v) is 8.65. The Kier molecular flexibility index (Phi) is 5.11. The van der Waals surface area contributed by atoms with E-state index < -0.39 is 5.97 Å². The van der Waals surface area contributed by atoms with Crippen LogP contribution in [0.4, 0.5) is 0 Å². The van der Waals surface area contributed by atoms with Gasteiger partial charge in [0.25, 0.3) is 0 Å². The van der Waals surface area contributed by atoms with Gasteiger partial charge >= 0.3 is 5.97 Å². The molecule has 1 saturated heterocycles. The lowest BCUT2D eigenvalue weighted by Crippen LogP contribution is -2.41. The molecule has 0 spiro atoms. The highest BCUT2D eigenvalue weighted by Gasteiger charge is 2.39. The van der Waals surface area contributed by atoms with E-state index in [1.54, 1.807) is 34.1 Å². The number of carboxylic acid groups (broad SMARTS) is 1. The first-order chi connectivity index (χ1) is 9.90. The summed E-state index contributed by atoms with van der Waals surface area (Å²) < 4.78 is -0.280. The average Bonchev–Trinajstić information content (AvgIpc) is 3.05. The van der Waals surface area contributed by atoms with E-state index in [-0.39, 0.29) is 10.7 Å². The summed E-state index contributed by atoms with van der Waals surface area (Å²) in [6.07, 6.45) is 4.73. The van der Waals surface area contributed by atoms with Crippen LogP contribution in [0.5, 0.6) is 0 Å². The Bertz CT molecular complexity index is 559. The molecule has 1 aliphatic heterocycles. The predicted octanol–water partition coefficient (Wildman–Crippen LogP) is 3.09. The lowest BCUT2D eigenvalue weighted by atomic mass is 10.0. The normalized spacial score (nSPS) is 21.8. The fourth-order valence-electron chi connectivity index (χ4n) is 2.39. The Morgan fingerprint density at radius 1 is 1.52 bits per heavy atom. The second-order valence-corrected chi connectivity index (χ2v) is 7.96. The quantitative estimate of drug-likeness (QED) is 0.845. The van der Waals surface area contributed by atoms with E-state index in [0.717, 1.165) is 35.1 Å². The SMILES string of the molecule is CN(Cc1cc(/C=C/C(=O)O)cs1)C(=O)C1(C)CCCS1. The lowest BCUT2D eigenvalue weighted by molar-refractivity contribution is -0.133. The van der Waals surface area contributed by atoms with Crippen LogP contribution in [0.2, 0.25) is 0 Å². The molecule has 21 heavy (non-hydrogen) atoms. The van der Waals surface area contributed by atoms with Crippen molar-refractivity contribution in [2.45, 2.75) is 31.1 Å². The molecule has 6 heteroatoms. The van der Waals surface area contributed by atoms with Crippen molar-refractivity contribution in [3.8, 4) is 0 Å². The Hall–Kier alpha value is -1.27. The zero-order chi connectivity index (χ0) is 15.5. The van der Waals surface area contributed by atoms with Gasteiger partial charge in [-0.1, -0.05) is 0 Å². The Morgan fingerprint density at radius 3 is 2.90 bits per heavy atom.